The van der Waals surface area contributed by atoms with Gasteiger partial charge in [-0.15, -0.1) is 0 Å². The van der Waals surface area contributed by atoms with Gasteiger partial charge in [0.25, 0.3) is 0 Å². The Labute approximate surface area is 114 Å². The molecule has 0 unspecified atom stereocenters. The third kappa shape index (κ3) is 2.71. The minimum absolute atomic E-state index is 0.0258. The second-order valence-corrected chi connectivity index (χ2v) is 5.80. The average molecular weight is 265 g/mol. The van der Waals surface area contributed by atoms with E-state index < -0.39 is 0 Å². The molecule has 1 saturated heterocycles. The van der Waals surface area contributed by atoms with Crippen molar-refractivity contribution in [1.82, 2.24) is 4.90 Å². The quantitative estimate of drug-likeness (QED) is 0.836. The van der Waals surface area contributed by atoms with Crippen molar-refractivity contribution in [3.63, 3.8) is 0 Å². The molecule has 19 heavy (non-hydrogen) atoms. The molecule has 4 heteroatoms. The highest BCUT2D eigenvalue weighted by Gasteiger charge is 2.46. The van der Waals surface area contributed by atoms with Crippen LogP contribution in [0.3, 0.4) is 0 Å². The van der Waals surface area contributed by atoms with Gasteiger partial charge in [0.15, 0.2) is 0 Å². The minimum Gasteiger partial charge on any atom is -0.472 e. The molecule has 2 aliphatic rings. The van der Waals surface area contributed by atoms with E-state index in [0.717, 1.165) is 32.8 Å². The van der Waals surface area contributed by atoms with Crippen LogP contribution >= 0.6 is 0 Å². The van der Waals surface area contributed by atoms with E-state index in [0.29, 0.717) is 5.92 Å². The van der Waals surface area contributed by atoms with Crippen molar-refractivity contribution in [3.8, 4) is 0 Å². The van der Waals surface area contributed by atoms with Gasteiger partial charge in [0.05, 0.1) is 31.3 Å². The summed E-state index contributed by atoms with van der Waals surface area (Å²) in [4.78, 5) is 2.49. The van der Waals surface area contributed by atoms with Crippen molar-refractivity contribution < 1.29 is 13.9 Å². The minimum atomic E-state index is 0.0258. The average Bonchev–Trinajstić information content (AvgIpc) is 3.02. The molecule has 0 bridgehead atoms. The van der Waals surface area contributed by atoms with E-state index in [9.17, 15) is 0 Å². The molecule has 1 aliphatic carbocycles. The Morgan fingerprint density at radius 3 is 3.26 bits per heavy atom. The van der Waals surface area contributed by atoms with Crippen LogP contribution in [-0.2, 0) is 16.0 Å². The first kappa shape index (κ1) is 13.2. The number of ether oxygens (including phenoxy) is 2. The summed E-state index contributed by atoms with van der Waals surface area (Å²) in [7, 11) is 1.79. The predicted octanol–water partition coefficient (Wildman–Crippen LogP) is 2.30. The second kappa shape index (κ2) is 5.65. The molecule has 1 spiro atoms. The van der Waals surface area contributed by atoms with E-state index in [1.165, 1.54) is 24.8 Å². The third-order valence-electron chi connectivity index (χ3n) is 4.54. The Morgan fingerprint density at radius 2 is 2.47 bits per heavy atom. The fourth-order valence-electron chi connectivity index (χ4n) is 3.61. The fraction of sp³-hybridized carbons (Fsp3) is 0.733. The standard InChI is InChI=1S/C15H23NO3/c1-17-11-14-3-2-5-15(14)12-16(6-8-19-15)9-13-4-7-18-10-13/h4,7,10,14H,2-3,5-6,8-9,11-12H2,1H3/t14-,15+/m0/s1. The van der Waals surface area contributed by atoms with Gasteiger partial charge >= 0.3 is 0 Å². The van der Waals surface area contributed by atoms with Crippen molar-refractivity contribution in [1.29, 1.82) is 0 Å². The van der Waals surface area contributed by atoms with Gasteiger partial charge in [-0.3, -0.25) is 4.90 Å². The summed E-state index contributed by atoms with van der Waals surface area (Å²) in [5, 5.41) is 0. The highest BCUT2D eigenvalue weighted by Crippen LogP contribution is 2.41. The first-order valence-corrected chi connectivity index (χ1v) is 7.19. The predicted molar refractivity (Wildman–Crippen MR) is 71.9 cm³/mol. The van der Waals surface area contributed by atoms with Gasteiger partial charge in [0, 0.05) is 38.2 Å². The molecule has 0 radical (unpaired) electrons. The second-order valence-electron chi connectivity index (χ2n) is 5.80. The Kier molecular flexibility index (Phi) is 3.91. The number of furan rings is 1. The summed E-state index contributed by atoms with van der Waals surface area (Å²) in [6.07, 6.45) is 7.24. The fourth-order valence-corrected chi connectivity index (χ4v) is 3.61. The van der Waals surface area contributed by atoms with Crippen LogP contribution in [0.4, 0.5) is 0 Å². The van der Waals surface area contributed by atoms with Crippen LogP contribution in [0.5, 0.6) is 0 Å². The number of rotatable bonds is 4. The molecule has 0 aromatic carbocycles. The molecule has 1 aromatic heterocycles. The highest BCUT2D eigenvalue weighted by molar-refractivity contribution is 5.06. The normalized spacial score (nSPS) is 32.2. The molecule has 2 atom stereocenters. The number of hydrogen-bond donors (Lipinski definition) is 0. The molecule has 1 saturated carbocycles. The number of nitrogens with zero attached hydrogens (tertiary/aromatic N) is 1. The number of methoxy groups -OCH3 is 1. The van der Waals surface area contributed by atoms with Crippen molar-refractivity contribution in [3.05, 3.63) is 24.2 Å². The summed E-state index contributed by atoms with van der Waals surface area (Å²) >= 11 is 0. The van der Waals surface area contributed by atoms with Crippen LogP contribution in [-0.4, -0.2) is 43.9 Å². The lowest BCUT2D eigenvalue weighted by Gasteiger charge is -2.44. The number of morpholine rings is 1. The van der Waals surface area contributed by atoms with Crippen LogP contribution in [0, 0.1) is 5.92 Å². The number of hydrogen-bond acceptors (Lipinski definition) is 4. The zero-order valence-corrected chi connectivity index (χ0v) is 11.6. The van der Waals surface area contributed by atoms with E-state index in [1.54, 1.807) is 13.4 Å². The SMILES string of the molecule is COC[C@@H]1CCC[C@@]12CN(Cc1ccoc1)CCO2. The zero-order chi connectivity index (χ0) is 13.1. The molecule has 2 heterocycles. The largest absolute Gasteiger partial charge is 0.472 e. The first-order chi connectivity index (χ1) is 9.32. The Bertz CT molecular complexity index is 392. The van der Waals surface area contributed by atoms with Crippen molar-refractivity contribution >= 4 is 0 Å². The molecule has 1 aliphatic heterocycles. The van der Waals surface area contributed by atoms with Gasteiger partial charge < -0.3 is 13.9 Å². The maximum atomic E-state index is 6.20. The van der Waals surface area contributed by atoms with Gasteiger partial charge in [-0.05, 0) is 18.9 Å². The topological polar surface area (TPSA) is 34.8 Å². The molecule has 1 aromatic rings. The van der Waals surface area contributed by atoms with E-state index in [2.05, 4.69) is 4.90 Å². The van der Waals surface area contributed by atoms with Crippen LogP contribution in [0.2, 0.25) is 0 Å². The molecule has 0 N–H and O–H groups in total. The molecule has 4 nitrogen and oxygen atoms in total. The smallest absolute Gasteiger partial charge is 0.0947 e. The van der Waals surface area contributed by atoms with Crippen molar-refractivity contribution in [2.24, 2.45) is 5.92 Å². The van der Waals surface area contributed by atoms with E-state index >= 15 is 0 Å². The maximum absolute atomic E-state index is 6.20. The van der Waals surface area contributed by atoms with Gasteiger partial charge in [0.2, 0.25) is 0 Å². The zero-order valence-electron chi connectivity index (χ0n) is 11.6. The summed E-state index contributed by atoms with van der Waals surface area (Å²) in [6, 6.07) is 2.05. The third-order valence-corrected chi connectivity index (χ3v) is 4.54. The van der Waals surface area contributed by atoms with Crippen LogP contribution in [0.25, 0.3) is 0 Å². The van der Waals surface area contributed by atoms with Crippen molar-refractivity contribution in [2.45, 2.75) is 31.4 Å². The summed E-state index contributed by atoms with van der Waals surface area (Å²) < 4.78 is 16.7. The molecular formula is C15H23NO3. The Morgan fingerprint density at radius 1 is 1.53 bits per heavy atom. The molecule has 106 valence electrons. The van der Waals surface area contributed by atoms with E-state index in [1.807, 2.05) is 12.3 Å². The van der Waals surface area contributed by atoms with Crippen LogP contribution in [0.1, 0.15) is 24.8 Å². The van der Waals surface area contributed by atoms with Gasteiger partial charge in [-0.2, -0.15) is 0 Å². The summed E-state index contributed by atoms with van der Waals surface area (Å²) in [5.74, 6) is 0.546. The molecule has 3 rings (SSSR count). The lowest BCUT2D eigenvalue weighted by atomic mass is 9.89. The molecular weight excluding hydrogens is 242 g/mol. The highest BCUT2D eigenvalue weighted by atomic mass is 16.5. The van der Waals surface area contributed by atoms with Gasteiger partial charge in [-0.25, -0.2) is 0 Å². The Balaban J connectivity index is 1.66. The van der Waals surface area contributed by atoms with E-state index in [-0.39, 0.29) is 5.60 Å². The lowest BCUT2D eigenvalue weighted by molar-refractivity contribution is -0.141. The van der Waals surface area contributed by atoms with Crippen molar-refractivity contribution in [2.75, 3.05) is 33.4 Å². The maximum Gasteiger partial charge on any atom is 0.0947 e. The monoisotopic (exact) mass is 265 g/mol. The summed E-state index contributed by atoms with van der Waals surface area (Å²) in [6.45, 7) is 4.64. The Hall–Kier alpha value is -0.840. The van der Waals surface area contributed by atoms with Crippen LogP contribution < -0.4 is 0 Å². The van der Waals surface area contributed by atoms with Gasteiger partial charge in [-0.1, -0.05) is 6.42 Å². The lowest BCUT2D eigenvalue weighted by Crippen LogP contribution is -2.54. The van der Waals surface area contributed by atoms with Gasteiger partial charge in [0.1, 0.15) is 0 Å². The summed E-state index contributed by atoms with van der Waals surface area (Å²) in [5.41, 5.74) is 1.27. The molecule has 0 amide bonds. The van der Waals surface area contributed by atoms with E-state index in [4.69, 9.17) is 13.9 Å². The first-order valence-electron chi connectivity index (χ1n) is 7.19. The van der Waals surface area contributed by atoms with Crippen LogP contribution in [0.15, 0.2) is 23.0 Å². The molecule has 2 fully saturated rings.